The van der Waals surface area contributed by atoms with E-state index in [2.05, 4.69) is 99.8 Å². The van der Waals surface area contributed by atoms with Crippen LogP contribution < -0.4 is 0 Å². The summed E-state index contributed by atoms with van der Waals surface area (Å²) in [5.74, 6) is -1.06. The number of esters is 3. The van der Waals surface area contributed by atoms with Gasteiger partial charge in [0.2, 0.25) is 0 Å². The summed E-state index contributed by atoms with van der Waals surface area (Å²) in [5, 5.41) is 0. The Morgan fingerprint density at radius 2 is 0.759 bits per heavy atom. The van der Waals surface area contributed by atoms with Gasteiger partial charge in [-0.1, -0.05) is 151 Å². The molecule has 0 aliphatic heterocycles. The molecule has 0 amide bonds. The third kappa shape index (κ3) is 39.8. The summed E-state index contributed by atoms with van der Waals surface area (Å²) in [7, 11) is 0. The van der Waals surface area contributed by atoms with Crippen LogP contribution in [-0.2, 0) is 28.6 Å². The van der Waals surface area contributed by atoms with Gasteiger partial charge in [0.05, 0.1) is 0 Å². The van der Waals surface area contributed by atoms with E-state index in [1.807, 2.05) is 6.08 Å². The van der Waals surface area contributed by atoms with Crippen molar-refractivity contribution in [1.82, 2.24) is 0 Å². The Morgan fingerprint density at radius 1 is 0.389 bits per heavy atom. The number of ether oxygens (including phenoxy) is 3. The maximum Gasteiger partial charge on any atom is 0.306 e. The molecule has 0 aromatic carbocycles. The van der Waals surface area contributed by atoms with Gasteiger partial charge in [0.1, 0.15) is 13.2 Å². The predicted octanol–water partition coefficient (Wildman–Crippen LogP) is 13.7. The first kappa shape index (κ1) is 50.6. The Kier molecular flexibility index (Phi) is 39.7. The Labute approximate surface area is 331 Å². The largest absolute Gasteiger partial charge is 0.462 e. The summed E-state index contributed by atoms with van der Waals surface area (Å²) in [4.78, 5) is 37.6. The molecule has 0 saturated carbocycles. The number of allylic oxidation sites excluding steroid dienone is 14. The Balaban J connectivity index is 4.53. The number of carbonyl (C=O) groups is 3. The van der Waals surface area contributed by atoms with Crippen LogP contribution >= 0.6 is 0 Å². The molecule has 0 radical (unpaired) electrons. The molecule has 0 rings (SSSR count). The highest BCUT2D eigenvalue weighted by Crippen LogP contribution is 2.10. The number of carbonyl (C=O) groups excluding carboxylic acids is 3. The molecular formula is C48H78O6. The number of unbranched alkanes of at least 4 members (excludes halogenated alkanes) is 12. The SMILES string of the molecule is CC/C=C\C/C=C\C/C=C\CCCCCCC(=O)OCC(COC(=O)CCCC/C=C\C/C=C\CC)OC(=O)CC/C=C\C/C=C\CCCCCCCC. The summed E-state index contributed by atoms with van der Waals surface area (Å²) in [6.45, 7) is 6.25. The van der Waals surface area contributed by atoms with Crippen LogP contribution in [0.4, 0.5) is 0 Å². The molecule has 0 aromatic heterocycles. The standard InChI is InChI=1S/C48H78O6/c1-4-7-10-13-16-19-21-23-25-26-29-32-35-38-41-47(50)53-44-45(43-52-46(49)40-37-34-31-28-18-15-12-9-6-3)54-48(51)42-39-36-33-30-27-24-22-20-17-14-11-8-5-2/h7,9-10,12,16,18-19,23-25,27-28,33,36,45H,4-6,8,11,13-15,17,20-22,26,29-32,34-35,37-44H2,1-3H3/b10-7-,12-9-,19-16-,25-23-,27-24-,28-18-,36-33-. The van der Waals surface area contributed by atoms with Crippen LogP contribution in [0.2, 0.25) is 0 Å². The maximum atomic E-state index is 12.6. The van der Waals surface area contributed by atoms with Gasteiger partial charge in [0, 0.05) is 19.3 Å². The fraction of sp³-hybridized carbons (Fsp3) is 0.646. The minimum atomic E-state index is -0.826. The summed E-state index contributed by atoms with van der Waals surface area (Å²) >= 11 is 0. The summed E-state index contributed by atoms with van der Waals surface area (Å²) < 4.78 is 16.5. The molecule has 0 aliphatic rings. The van der Waals surface area contributed by atoms with Crippen molar-refractivity contribution in [2.75, 3.05) is 13.2 Å². The van der Waals surface area contributed by atoms with Gasteiger partial charge < -0.3 is 14.2 Å². The first-order valence-corrected chi connectivity index (χ1v) is 21.6. The Morgan fingerprint density at radius 3 is 1.24 bits per heavy atom. The molecule has 306 valence electrons. The lowest BCUT2D eigenvalue weighted by Gasteiger charge is -2.18. The van der Waals surface area contributed by atoms with Gasteiger partial charge in [0.25, 0.3) is 0 Å². The molecule has 0 bridgehead atoms. The van der Waals surface area contributed by atoms with E-state index in [0.717, 1.165) is 96.3 Å². The first-order valence-electron chi connectivity index (χ1n) is 21.6. The highest BCUT2D eigenvalue weighted by molar-refractivity contribution is 5.71. The van der Waals surface area contributed by atoms with Crippen LogP contribution in [0.3, 0.4) is 0 Å². The molecule has 0 heterocycles. The second-order valence-electron chi connectivity index (χ2n) is 13.8. The summed E-state index contributed by atoms with van der Waals surface area (Å²) in [6.07, 6.45) is 53.1. The minimum Gasteiger partial charge on any atom is -0.462 e. The van der Waals surface area contributed by atoms with Gasteiger partial charge in [-0.05, 0) is 96.3 Å². The smallest absolute Gasteiger partial charge is 0.306 e. The van der Waals surface area contributed by atoms with E-state index >= 15 is 0 Å². The van der Waals surface area contributed by atoms with E-state index in [-0.39, 0.29) is 31.6 Å². The lowest BCUT2D eigenvalue weighted by atomic mass is 10.1. The second kappa shape index (κ2) is 42.3. The topological polar surface area (TPSA) is 78.9 Å². The van der Waals surface area contributed by atoms with Crippen LogP contribution in [0.25, 0.3) is 0 Å². The van der Waals surface area contributed by atoms with Gasteiger partial charge in [-0.3, -0.25) is 14.4 Å². The molecule has 6 nitrogen and oxygen atoms in total. The van der Waals surface area contributed by atoms with Gasteiger partial charge in [-0.2, -0.15) is 0 Å². The third-order valence-corrected chi connectivity index (χ3v) is 8.63. The van der Waals surface area contributed by atoms with Crippen LogP contribution in [0, 0.1) is 0 Å². The van der Waals surface area contributed by atoms with E-state index in [9.17, 15) is 14.4 Å². The van der Waals surface area contributed by atoms with Crippen LogP contribution in [-0.4, -0.2) is 37.2 Å². The van der Waals surface area contributed by atoms with Gasteiger partial charge >= 0.3 is 17.9 Å². The van der Waals surface area contributed by atoms with Gasteiger partial charge in [-0.25, -0.2) is 0 Å². The van der Waals surface area contributed by atoms with Crippen molar-refractivity contribution < 1.29 is 28.6 Å². The highest BCUT2D eigenvalue weighted by atomic mass is 16.6. The average molecular weight is 751 g/mol. The van der Waals surface area contributed by atoms with E-state index < -0.39 is 12.1 Å². The molecule has 0 N–H and O–H groups in total. The van der Waals surface area contributed by atoms with Crippen LogP contribution in [0.5, 0.6) is 0 Å². The molecule has 1 atom stereocenters. The molecule has 0 aromatic rings. The van der Waals surface area contributed by atoms with Crippen molar-refractivity contribution in [1.29, 1.82) is 0 Å². The van der Waals surface area contributed by atoms with Crippen molar-refractivity contribution >= 4 is 17.9 Å². The van der Waals surface area contributed by atoms with Crippen molar-refractivity contribution in [3.8, 4) is 0 Å². The molecule has 1 unspecified atom stereocenters. The Hall–Kier alpha value is -3.41. The van der Waals surface area contributed by atoms with Crippen molar-refractivity contribution in [3.05, 3.63) is 85.1 Å². The lowest BCUT2D eigenvalue weighted by molar-refractivity contribution is -0.166. The molecule has 0 saturated heterocycles. The minimum absolute atomic E-state index is 0.123. The van der Waals surface area contributed by atoms with E-state index in [0.29, 0.717) is 19.3 Å². The van der Waals surface area contributed by atoms with E-state index in [1.165, 1.54) is 38.5 Å². The number of rotatable bonds is 37. The monoisotopic (exact) mass is 751 g/mol. The Bertz CT molecular complexity index is 1090. The van der Waals surface area contributed by atoms with Crippen molar-refractivity contribution in [2.24, 2.45) is 0 Å². The van der Waals surface area contributed by atoms with Crippen molar-refractivity contribution in [3.63, 3.8) is 0 Å². The molecular weight excluding hydrogens is 673 g/mol. The molecule has 0 spiro atoms. The second-order valence-corrected chi connectivity index (χ2v) is 13.8. The fourth-order valence-electron chi connectivity index (χ4n) is 5.43. The zero-order valence-electron chi connectivity index (χ0n) is 34.7. The normalized spacial score (nSPS) is 12.9. The van der Waals surface area contributed by atoms with Gasteiger partial charge in [-0.15, -0.1) is 0 Å². The third-order valence-electron chi connectivity index (χ3n) is 8.63. The number of hydrogen-bond donors (Lipinski definition) is 0. The summed E-state index contributed by atoms with van der Waals surface area (Å²) in [5.41, 5.74) is 0. The fourth-order valence-corrected chi connectivity index (χ4v) is 5.43. The molecule has 54 heavy (non-hydrogen) atoms. The average Bonchev–Trinajstić information content (AvgIpc) is 3.17. The molecule has 6 heteroatoms. The highest BCUT2D eigenvalue weighted by Gasteiger charge is 2.19. The first-order chi connectivity index (χ1) is 26.5. The van der Waals surface area contributed by atoms with E-state index in [1.54, 1.807) is 0 Å². The van der Waals surface area contributed by atoms with Crippen molar-refractivity contribution in [2.45, 2.75) is 187 Å². The quantitative estimate of drug-likeness (QED) is 0.0272. The molecule has 0 fully saturated rings. The van der Waals surface area contributed by atoms with Gasteiger partial charge in [0.15, 0.2) is 6.10 Å². The van der Waals surface area contributed by atoms with Crippen LogP contribution in [0.1, 0.15) is 181 Å². The zero-order valence-corrected chi connectivity index (χ0v) is 34.7. The molecule has 0 aliphatic carbocycles. The zero-order chi connectivity index (χ0) is 39.4. The predicted molar refractivity (Wildman–Crippen MR) is 228 cm³/mol. The number of hydrogen-bond acceptors (Lipinski definition) is 6. The summed E-state index contributed by atoms with van der Waals surface area (Å²) in [6, 6.07) is 0. The van der Waals surface area contributed by atoms with E-state index in [4.69, 9.17) is 14.2 Å². The van der Waals surface area contributed by atoms with Crippen LogP contribution in [0.15, 0.2) is 85.1 Å². The maximum absolute atomic E-state index is 12.6. The lowest BCUT2D eigenvalue weighted by Crippen LogP contribution is -2.30.